The molecular weight excluding hydrogens is 252 g/mol. The minimum absolute atomic E-state index is 0.220. The number of aromatic nitrogens is 4. The van der Waals surface area contributed by atoms with Gasteiger partial charge in [0.2, 0.25) is 0 Å². The number of anilines is 2. The van der Waals surface area contributed by atoms with Crippen LogP contribution in [-0.4, -0.2) is 25.6 Å². The van der Waals surface area contributed by atoms with Crippen molar-refractivity contribution in [2.75, 3.05) is 11.1 Å². The lowest BCUT2D eigenvalue weighted by Crippen LogP contribution is -2.23. The molecular formula is C14H22N6. The molecule has 2 rings (SSSR count). The van der Waals surface area contributed by atoms with Crippen LogP contribution < -0.4 is 11.1 Å². The second-order valence-corrected chi connectivity index (χ2v) is 5.40. The fraction of sp³-hybridized carbons (Fsp3) is 0.500. The monoisotopic (exact) mass is 274 g/mol. The number of hydrogen-bond acceptors (Lipinski definition) is 5. The predicted octanol–water partition coefficient (Wildman–Crippen LogP) is 2.19. The van der Waals surface area contributed by atoms with E-state index in [9.17, 15) is 0 Å². The molecule has 1 unspecified atom stereocenters. The highest BCUT2D eigenvalue weighted by Crippen LogP contribution is 2.21. The summed E-state index contributed by atoms with van der Waals surface area (Å²) in [7, 11) is 0. The van der Waals surface area contributed by atoms with Crippen molar-refractivity contribution in [3.05, 3.63) is 30.1 Å². The molecule has 0 aromatic carbocycles. The number of nitrogen functional groups attached to an aromatic ring is 1. The number of imidazole rings is 1. The predicted molar refractivity (Wildman–Crippen MR) is 80.6 cm³/mol. The van der Waals surface area contributed by atoms with E-state index in [1.807, 2.05) is 17.7 Å². The van der Waals surface area contributed by atoms with E-state index in [0.717, 1.165) is 23.8 Å². The molecule has 6 heteroatoms. The Hall–Kier alpha value is -2.11. The van der Waals surface area contributed by atoms with Crippen molar-refractivity contribution in [2.24, 2.45) is 0 Å². The average molecular weight is 274 g/mol. The minimum Gasteiger partial charge on any atom is -0.383 e. The van der Waals surface area contributed by atoms with Crippen molar-refractivity contribution in [1.82, 2.24) is 19.5 Å². The first-order valence-corrected chi connectivity index (χ1v) is 6.83. The molecule has 0 fully saturated rings. The topological polar surface area (TPSA) is 81.6 Å². The van der Waals surface area contributed by atoms with Crippen LogP contribution in [0.1, 0.15) is 38.1 Å². The maximum absolute atomic E-state index is 5.96. The number of nitrogens with two attached hydrogens (primary N) is 1. The lowest BCUT2D eigenvalue weighted by atomic mass is 10.2. The van der Waals surface area contributed by atoms with Gasteiger partial charge in [0, 0.05) is 36.5 Å². The van der Waals surface area contributed by atoms with Gasteiger partial charge in [0.1, 0.15) is 17.5 Å². The van der Waals surface area contributed by atoms with E-state index in [2.05, 4.69) is 41.0 Å². The summed E-state index contributed by atoms with van der Waals surface area (Å²) in [6.45, 7) is 8.98. The average Bonchev–Trinajstić information content (AvgIpc) is 2.87. The highest BCUT2D eigenvalue weighted by atomic mass is 15.1. The van der Waals surface area contributed by atoms with Crippen LogP contribution in [-0.2, 0) is 6.54 Å². The first kappa shape index (κ1) is 14.3. The van der Waals surface area contributed by atoms with Crippen molar-refractivity contribution in [3.8, 4) is 0 Å². The Morgan fingerprint density at radius 2 is 2.05 bits per heavy atom. The van der Waals surface area contributed by atoms with E-state index < -0.39 is 0 Å². The Labute approximate surface area is 119 Å². The number of nitrogens with one attached hydrogen (secondary N) is 1. The van der Waals surface area contributed by atoms with Crippen LogP contribution in [0, 0.1) is 6.92 Å². The van der Waals surface area contributed by atoms with Crippen LogP contribution in [0.15, 0.2) is 18.7 Å². The Kier molecular flexibility index (Phi) is 4.22. The lowest BCUT2D eigenvalue weighted by Gasteiger charge is -2.18. The smallest absolute Gasteiger partial charge is 0.135 e. The van der Waals surface area contributed by atoms with Gasteiger partial charge in [-0.15, -0.1) is 0 Å². The Morgan fingerprint density at radius 3 is 2.65 bits per heavy atom. The molecule has 0 aliphatic carbocycles. The largest absolute Gasteiger partial charge is 0.383 e. The molecule has 0 bridgehead atoms. The summed E-state index contributed by atoms with van der Waals surface area (Å²) in [5.41, 5.74) is 6.86. The molecule has 2 aromatic rings. The van der Waals surface area contributed by atoms with Crippen molar-refractivity contribution >= 4 is 11.6 Å². The van der Waals surface area contributed by atoms with Gasteiger partial charge in [-0.05, 0) is 13.8 Å². The van der Waals surface area contributed by atoms with Crippen LogP contribution in [0.25, 0.3) is 0 Å². The third-order valence-electron chi connectivity index (χ3n) is 3.14. The summed E-state index contributed by atoms with van der Waals surface area (Å²) in [6.07, 6.45) is 5.52. The number of rotatable bonds is 5. The number of hydrogen-bond donors (Lipinski definition) is 2. The van der Waals surface area contributed by atoms with Gasteiger partial charge >= 0.3 is 0 Å². The Balaban J connectivity index is 2.15. The second kappa shape index (κ2) is 5.90. The van der Waals surface area contributed by atoms with Crippen LogP contribution in [0.5, 0.6) is 0 Å². The van der Waals surface area contributed by atoms with Crippen LogP contribution in [0.4, 0.5) is 11.6 Å². The third kappa shape index (κ3) is 3.26. The third-order valence-corrected chi connectivity index (χ3v) is 3.14. The highest BCUT2D eigenvalue weighted by Gasteiger charge is 2.13. The molecule has 20 heavy (non-hydrogen) atoms. The van der Waals surface area contributed by atoms with Crippen molar-refractivity contribution in [3.63, 3.8) is 0 Å². The molecule has 108 valence electrons. The molecule has 6 nitrogen and oxygen atoms in total. The molecule has 0 radical (unpaired) electrons. The van der Waals surface area contributed by atoms with Crippen molar-refractivity contribution in [2.45, 2.75) is 46.2 Å². The van der Waals surface area contributed by atoms with E-state index in [0.29, 0.717) is 5.82 Å². The zero-order valence-corrected chi connectivity index (χ0v) is 12.5. The Bertz CT molecular complexity index is 561. The molecule has 0 aliphatic rings. The second-order valence-electron chi connectivity index (χ2n) is 5.40. The summed E-state index contributed by atoms with van der Waals surface area (Å²) >= 11 is 0. The molecule has 0 saturated carbocycles. The molecule has 0 saturated heterocycles. The quantitative estimate of drug-likeness (QED) is 0.873. The molecule has 2 heterocycles. The van der Waals surface area contributed by atoms with Gasteiger partial charge < -0.3 is 15.6 Å². The molecule has 0 aliphatic heterocycles. The van der Waals surface area contributed by atoms with E-state index in [1.165, 1.54) is 0 Å². The number of nitrogens with zero attached hydrogens (tertiary/aromatic N) is 4. The summed E-state index contributed by atoms with van der Waals surface area (Å²) in [5.74, 6) is 2.38. The zero-order chi connectivity index (χ0) is 14.7. The molecule has 0 amide bonds. The van der Waals surface area contributed by atoms with Crippen LogP contribution >= 0.6 is 0 Å². The van der Waals surface area contributed by atoms with Gasteiger partial charge in [-0.3, -0.25) is 0 Å². The van der Waals surface area contributed by atoms with Gasteiger partial charge in [-0.1, -0.05) is 13.8 Å². The first-order valence-electron chi connectivity index (χ1n) is 6.83. The van der Waals surface area contributed by atoms with E-state index in [-0.39, 0.29) is 12.0 Å². The lowest BCUT2D eigenvalue weighted by molar-refractivity contribution is 0.615. The van der Waals surface area contributed by atoms with Gasteiger partial charge in [0.15, 0.2) is 0 Å². The maximum Gasteiger partial charge on any atom is 0.135 e. The van der Waals surface area contributed by atoms with Gasteiger partial charge in [-0.25, -0.2) is 15.0 Å². The molecule has 3 N–H and O–H groups in total. The fourth-order valence-electron chi connectivity index (χ4n) is 1.94. The van der Waals surface area contributed by atoms with Gasteiger partial charge in [0.05, 0.1) is 6.33 Å². The summed E-state index contributed by atoms with van der Waals surface area (Å²) in [4.78, 5) is 12.9. The Morgan fingerprint density at radius 1 is 1.30 bits per heavy atom. The fourth-order valence-corrected chi connectivity index (χ4v) is 1.94. The van der Waals surface area contributed by atoms with E-state index >= 15 is 0 Å². The van der Waals surface area contributed by atoms with Gasteiger partial charge in [0.25, 0.3) is 0 Å². The minimum atomic E-state index is 0.220. The first-order chi connectivity index (χ1) is 9.47. The molecule has 1 atom stereocenters. The summed E-state index contributed by atoms with van der Waals surface area (Å²) in [6, 6.07) is 0.220. The summed E-state index contributed by atoms with van der Waals surface area (Å²) < 4.78 is 2.03. The SMILES string of the molecule is Cc1c(N)nc(C(C)C)nc1NC(C)Cn1ccnc1. The van der Waals surface area contributed by atoms with E-state index in [4.69, 9.17) is 5.73 Å². The zero-order valence-electron chi connectivity index (χ0n) is 12.5. The maximum atomic E-state index is 5.96. The molecule has 2 aromatic heterocycles. The van der Waals surface area contributed by atoms with Crippen molar-refractivity contribution < 1.29 is 0 Å². The van der Waals surface area contributed by atoms with Gasteiger partial charge in [-0.2, -0.15) is 0 Å². The van der Waals surface area contributed by atoms with Crippen LogP contribution in [0.2, 0.25) is 0 Å². The van der Waals surface area contributed by atoms with E-state index in [1.54, 1.807) is 12.5 Å². The van der Waals surface area contributed by atoms with Crippen molar-refractivity contribution in [1.29, 1.82) is 0 Å². The highest BCUT2D eigenvalue weighted by molar-refractivity contribution is 5.55. The standard InChI is InChI=1S/C14H22N6/c1-9(2)13-18-12(15)11(4)14(19-13)17-10(3)7-20-6-5-16-8-20/h5-6,8-10H,7H2,1-4H3,(H3,15,17,18,19). The molecule has 0 spiro atoms. The van der Waals surface area contributed by atoms with Crippen LogP contribution in [0.3, 0.4) is 0 Å². The summed E-state index contributed by atoms with van der Waals surface area (Å²) in [5, 5.41) is 3.40. The normalized spacial score (nSPS) is 12.7.